The van der Waals surface area contributed by atoms with E-state index in [1.54, 1.807) is 43.7 Å². The van der Waals surface area contributed by atoms with Gasteiger partial charge in [0, 0.05) is 11.1 Å². The summed E-state index contributed by atoms with van der Waals surface area (Å²) in [6.07, 6.45) is 1.78. The van der Waals surface area contributed by atoms with Gasteiger partial charge in [-0.05, 0) is 67.4 Å². The van der Waals surface area contributed by atoms with Crippen LogP contribution in [-0.2, 0) is 16.1 Å². The summed E-state index contributed by atoms with van der Waals surface area (Å²) in [4.78, 5) is 33.0. The van der Waals surface area contributed by atoms with Crippen LogP contribution in [0.5, 0.6) is 17.2 Å². The van der Waals surface area contributed by atoms with Crippen LogP contribution in [0.3, 0.4) is 0 Å². The smallest absolute Gasteiger partial charge is 0.338 e. The maximum atomic E-state index is 14.4. The Labute approximate surface area is 281 Å². The third-order valence-electron chi connectivity index (χ3n) is 8.03. The first kappa shape index (κ1) is 32.3. The maximum Gasteiger partial charge on any atom is 0.338 e. The molecule has 0 bridgehead atoms. The Kier molecular flexibility index (Phi) is 9.41. The molecule has 5 aromatic rings. The van der Waals surface area contributed by atoms with Gasteiger partial charge in [0.1, 0.15) is 18.4 Å². The van der Waals surface area contributed by atoms with E-state index in [1.807, 2.05) is 73.7 Å². The highest BCUT2D eigenvalue weighted by atomic mass is 32.1. The molecule has 1 atom stereocenters. The van der Waals surface area contributed by atoms with E-state index < -0.39 is 12.0 Å². The summed E-state index contributed by atoms with van der Waals surface area (Å²) in [6, 6.07) is 25.7. The molecule has 0 unspecified atom stereocenters. The van der Waals surface area contributed by atoms with Gasteiger partial charge in [-0.25, -0.2) is 9.79 Å². The first-order valence-electron chi connectivity index (χ1n) is 15.5. The van der Waals surface area contributed by atoms with E-state index in [-0.39, 0.29) is 24.3 Å². The van der Waals surface area contributed by atoms with Gasteiger partial charge in [0.15, 0.2) is 16.3 Å². The molecule has 242 valence electrons. The summed E-state index contributed by atoms with van der Waals surface area (Å²) >= 11 is 1.24. The normalized spacial score (nSPS) is 14.2. The van der Waals surface area contributed by atoms with Gasteiger partial charge >= 0.3 is 5.97 Å². The molecule has 1 aromatic heterocycles. The van der Waals surface area contributed by atoms with Crippen molar-refractivity contribution in [2.45, 2.75) is 33.4 Å². The predicted molar refractivity (Wildman–Crippen MR) is 184 cm³/mol. The lowest BCUT2D eigenvalue weighted by molar-refractivity contribution is -0.139. The Balaban J connectivity index is 1.47. The van der Waals surface area contributed by atoms with Crippen LogP contribution in [0.1, 0.15) is 49.1 Å². The Morgan fingerprint density at radius 3 is 2.52 bits per heavy atom. The van der Waals surface area contributed by atoms with E-state index in [1.165, 1.54) is 11.3 Å². The molecule has 48 heavy (non-hydrogen) atoms. The number of carbonyl (C=O) groups excluding carboxylic acids is 1. The lowest BCUT2D eigenvalue weighted by Gasteiger charge is -2.27. The van der Waals surface area contributed by atoms with E-state index in [0.29, 0.717) is 55.6 Å². The van der Waals surface area contributed by atoms with E-state index >= 15 is 0 Å². The minimum atomic E-state index is -0.838. The molecule has 0 N–H and O–H groups in total. The molecular formula is C38H33N3O6S. The van der Waals surface area contributed by atoms with Crippen LogP contribution < -0.4 is 29.1 Å². The number of fused-ring (bicyclic) bond motifs is 2. The van der Waals surface area contributed by atoms with Crippen molar-refractivity contribution in [1.82, 2.24) is 4.57 Å². The molecular weight excluding hydrogens is 627 g/mol. The second-order valence-electron chi connectivity index (χ2n) is 10.9. The van der Waals surface area contributed by atoms with Crippen LogP contribution >= 0.6 is 11.3 Å². The van der Waals surface area contributed by atoms with Crippen LogP contribution in [-0.4, -0.2) is 30.9 Å². The van der Waals surface area contributed by atoms with Crippen molar-refractivity contribution in [1.29, 1.82) is 5.26 Å². The fourth-order valence-corrected chi connectivity index (χ4v) is 6.91. The second-order valence-corrected chi connectivity index (χ2v) is 11.9. The first-order valence-corrected chi connectivity index (χ1v) is 16.3. The third kappa shape index (κ3) is 6.08. The van der Waals surface area contributed by atoms with Gasteiger partial charge in [-0.3, -0.25) is 9.36 Å². The van der Waals surface area contributed by atoms with Gasteiger partial charge in [-0.1, -0.05) is 65.9 Å². The summed E-state index contributed by atoms with van der Waals surface area (Å²) in [5.41, 5.74) is 3.15. The van der Waals surface area contributed by atoms with Crippen molar-refractivity contribution < 1.29 is 23.7 Å². The number of ether oxygens (including phenoxy) is 4. The average molecular weight is 660 g/mol. The number of carbonyl (C=O) groups is 1. The number of nitrogens with zero attached hydrogens (tertiary/aromatic N) is 3. The minimum absolute atomic E-state index is 0.173. The SMILES string of the molecule is CCOC(=O)C1=C(C)N=c2s/c(=C/c3ccc(OCc4ccccc4C#N)c(OCC)c3)c(=O)n2[C@H]1c1c(OC)ccc2ccccc12. The van der Waals surface area contributed by atoms with E-state index in [9.17, 15) is 14.9 Å². The number of hydrogen-bond donors (Lipinski definition) is 0. The number of rotatable bonds is 10. The Morgan fingerprint density at radius 2 is 1.75 bits per heavy atom. The highest BCUT2D eigenvalue weighted by Gasteiger charge is 2.36. The standard InChI is InChI=1S/C38H33N3O6S/c1-5-45-31-19-24(15-17-29(31)47-22-27-13-8-7-12-26(27)21-39)20-32-36(42)41-35(33(37(43)46-6-2)23(3)40-38(41)48-32)34-28-14-10-9-11-25(28)16-18-30(34)44-4/h7-20,35H,5-6,22H2,1-4H3/b32-20+/t35-/m1/s1. The van der Waals surface area contributed by atoms with Crippen LogP contribution in [0.2, 0.25) is 0 Å². The van der Waals surface area contributed by atoms with E-state index in [4.69, 9.17) is 23.9 Å². The Morgan fingerprint density at radius 1 is 0.979 bits per heavy atom. The summed E-state index contributed by atoms with van der Waals surface area (Å²) in [7, 11) is 1.57. The summed E-state index contributed by atoms with van der Waals surface area (Å²) in [6.45, 7) is 6.16. The van der Waals surface area contributed by atoms with Gasteiger partial charge in [0.2, 0.25) is 0 Å². The van der Waals surface area contributed by atoms with Crippen LogP contribution in [0, 0.1) is 11.3 Å². The molecule has 1 aliphatic heterocycles. The highest BCUT2D eigenvalue weighted by Crippen LogP contribution is 2.40. The van der Waals surface area contributed by atoms with Crippen molar-refractivity contribution in [2.24, 2.45) is 4.99 Å². The summed E-state index contributed by atoms with van der Waals surface area (Å²) in [5, 5.41) is 11.2. The molecule has 0 saturated carbocycles. The molecule has 0 fully saturated rings. The largest absolute Gasteiger partial charge is 0.496 e. The van der Waals surface area contributed by atoms with Crippen LogP contribution in [0.4, 0.5) is 0 Å². The van der Waals surface area contributed by atoms with Crippen molar-refractivity contribution in [2.75, 3.05) is 20.3 Å². The van der Waals surface area contributed by atoms with Gasteiger partial charge in [0.25, 0.3) is 5.56 Å². The van der Waals surface area contributed by atoms with Gasteiger partial charge < -0.3 is 18.9 Å². The summed E-state index contributed by atoms with van der Waals surface area (Å²) < 4.78 is 25.3. The number of allylic oxidation sites excluding steroid dienone is 1. The van der Waals surface area contributed by atoms with Crippen molar-refractivity contribution in [3.8, 4) is 23.3 Å². The molecule has 0 radical (unpaired) electrons. The molecule has 0 amide bonds. The summed E-state index contributed by atoms with van der Waals surface area (Å²) in [5.74, 6) is 1.02. The zero-order valence-corrected chi connectivity index (χ0v) is 27.8. The minimum Gasteiger partial charge on any atom is -0.496 e. The molecule has 0 spiro atoms. The van der Waals surface area contributed by atoms with Gasteiger partial charge in [-0.2, -0.15) is 5.26 Å². The Bertz CT molecular complexity index is 2300. The fraction of sp³-hybridized carbons (Fsp3) is 0.211. The van der Waals surface area contributed by atoms with Gasteiger partial charge in [-0.15, -0.1) is 0 Å². The van der Waals surface area contributed by atoms with E-state index in [0.717, 1.165) is 16.3 Å². The second kappa shape index (κ2) is 14.0. The van der Waals surface area contributed by atoms with Crippen molar-refractivity contribution >= 4 is 34.2 Å². The predicted octanol–water partition coefficient (Wildman–Crippen LogP) is 5.81. The number of thiazole rings is 1. The third-order valence-corrected chi connectivity index (χ3v) is 9.01. The molecule has 4 aromatic carbocycles. The number of aromatic nitrogens is 1. The number of nitriles is 1. The molecule has 0 saturated heterocycles. The molecule has 9 nitrogen and oxygen atoms in total. The highest BCUT2D eigenvalue weighted by molar-refractivity contribution is 7.07. The molecule has 2 heterocycles. The Hall–Kier alpha value is -5.66. The first-order chi connectivity index (χ1) is 23.4. The zero-order valence-electron chi connectivity index (χ0n) is 27.0. The van der Waals surface area contributed by atoms with Crippen LogP contribution in [0.15, 0.2) is 99.9 Å². The lowest BCUT2D eigenvalue weighted by Crippen LogP contribution is -2.40. The maximum absolute atomic E-state index is 14.4. The number of benzene rings is 4. The van der Waals surface area contributed by atoms with Crippen molar-refractivity contribution in [3.05, 3.63) is 132 Å². The average Bonchev–Trinajstić information content (AvgIpc) is 3.40. The van der Waals surface area contributed by atoms with Gasteiger partial charge in [0.05, 0.1) is 47.8 Å². The number of hydrogen-bond acceptors (Lipinski definition) is 9. The molecule has 0 aliphatic carbocycles. The quantitative estimate of drug-likeness (QED) is 0.174. The molecule has 1 aliphatic rings. The van der Waals surface area contributed by atoms with Crippen molar-refractivity contribution in [3.63, 3.8) is 0 Å². The number of methoxy groups -OCH3 is 1. The number of esters is 1. The monoisotopic (exact) mass is 659 g/mol. The zero-order chi connectivity index (χ0) is 33.8. The molecule has 6 rings (SSSR count). The lowest BCUT2D eigenvalue weighted by atomic mass is 9.90. The van der Waals surface area contributed by atoms with Crippen LogP contribution in [0.25, 0.3) is 16.8 Å². The topological polar surface area (TPSA) is 112 Å². The molecule has 10 heteroatoms. The fourth-order valence-electron chi connectivity index (χ4n) is 5.86. The van der Waals surface area contributed by atoms with E-state index in [2.05, 4.69) is 6.07 Å².